The Hall–Kier alpha value is -5.46. The van der Waals surface area contributed by atoms with Crippen LogP contribution in [0.2, 0.25) is 0 Å². The molecule has 0 saturated carbocycles. The van der Waals surface area contributed by atoms with E-state index < -0.39 is 7.26 Å². The fourth-order valence-electron chi connectivity index (χ4n) is 6.28. The summed E-state index contributed by atoms with van der Waals surface area (Å²) in [7, 11) is -3.07. The number of rotatable bonds is 4. The average molecular weight is 623 g/mol. The van der Waals surface area contributed by atoms with Crippen molar-refractivity contribution in [1.82, 2.24) is 0 Å². The molecule has 1 amide bonds. The maximum atomic E-state index is 15.3. The number of anilines is 2. The molecule has 1 heterocycles. The molecule has 0 spiro atoms. The van der Waals surface area contributed by atoms with Gasteiger partial charge in [0.15, 0.2) is 12.6 Å². The van der Waals surface area contributed by atoms with Crippen molar-refractivity contribution >= 4 is 52.0 Å². The monoisotopic (exact) mass is 622 g/mol. The Kier molecular flexibility index (Phi) is 7.51. The Labute approximate surface area is 267 Å². The van der Waals surface area contributed by atoms with Crippen LogP contribution >= 0.6 is 7.26 Å². The predicted molar refractivity (Wildman–Crippen MR) is 184 cm³/mol. The largest absolute Gasteiger partial charge is 0.285 e. The van der Waals surface area contributed by atoms with E-state index in [2.05, 4.69) is 4.99 Å². The van der Waals surface area contributed by atoms with E-state index in [9.17, 15) is 15.2 Å². The molecule has 224 valence electrons. The average Bonchev–Trinajstić information content (AvgIpc) is 3.10. The normalized spacial score (nSPS) is 15.9. The topological polar surface area (TPSA) is 93.4 Å². The Bertz CT molecular complexity index is 1950. The van der Waals surface area contributed by atoms with E-state index in [0.717, 1.165) is 26.0 Å². The van der Waals surface area contributed by atoms with Gasteiger partial charge in [-0.1, -0.05) is 78.9 Å². The van der Waals surface area contributed by atoms with Gasteiger partial charge >= 0.3 is 0 Å². The Morgan fingerprint density at radius 1 is 0.652 bits per heavy atom. The summed E-state index contributed by atoms with van der Waals surface area (Å²) in [5, 5.41) is 29.0. The minimum absolute atomic E-state index is 0.211. The number of hydroxylamine groups is 2. The number of carbonyl (C=O) groups excluding carboxylic acids is 2. The number of hydrogen-bond acceptors (Lipinski definition) is 6. The first kappa shape index (κ1) is 29.3. The molecule has 0 unspecified atom stereocenters. The highest BCUT2D eigenvalue weighted by atomic mass is 31.2. The van der Waals surface area contributed by atoms with Gasteiger partial charge in [-0.15, -0.1) is 0 Å². The molecule has 0 atom stereocenters. The number of nitrogens with zero attached hydrogens (tertiary/aromatic N) is 3. The van der Waals surface area contributed by atoms with E-state index >= 15 is 4.79 Å². The molecule has 4 aromatic carbocycles. The fraction of sp³-hybridized carbons (Fsp3) is 0.0263. The van der Waals surface area contributed by atoms with Crippen LogP contribution in [0.25, 0.3) is 0 Å². The predicted octanol–water partition coefficient (Wildman–Crippen LogP) is 6.17. The third kappa shape index (κ3) is 4.70. The number of amides is 1. The third-order valence-electron chi connectivity index (χ3n) is 8.22. The van der Waals surface area contributed by atoms with Crippen molar-refractivity contribution in [3.8, 4) is 0 Å². The molecule has 46 heavy (non-hydrogen) atoms. The van der Waals surface area contributed by atoms with Gasteiger partial charge in [0.25, 0.3) is 0 Å². The molecule has 0 fully saturated rings. The van der Waals surface area contributed by atoms with Gasteiger partial charge in [0, 0.05) is 12.5 Å². The van der Waals surface area contributed by atoms with Crippen LogP contribution in [-0.4, -0.2) is 27.8 Å². The van der Waals surface area contributed by atoms with Crippen molar-refractivity contribution in [2.45, 2.75) is 6.92 Å². The second kappa shape index (κ2) is 11.8. The van der Waals surface area contributed by atoms with Crippen molar-refractivity contribution in [1.29, 1.82) is 0 Å². The summed E-state index contributed by atoms with van der Waals surface area (Å²) in [6.07, 6.45) is 8.49. The third-order valence-corrected chi connectivity index (χ3v) is 12.5. The first-order valence-electron chi connectivity index (χ1n) is 14.8. The highest BCUT2D eigenvalue weighted by Gasteiger charge is 2.58. The molecule has 7 nitrogen and oxygen atoms in total. The van der Waals surface area contributed by atoms with Gasteiger partial charge in [-0.2, -0.15) is 0 Å². The summed E-state index contributed by atoms with van der Waals surface area (Å²) in [5.74, 6) is -0.610. The van der Waals surface area contributed by atoms with Crippen LogP contribution in [0.15, 0.2) is 178 Å². The van der Waals surface area contributed by atoms with Gasteiger partial charge in [0.2, 0.25) is 11.7 Å². The highest BCUT2D eigenvalue weighted by molar-refractivity contribution is 7.99. The Morgan fingerprint density at radius 2 is 1.11 bits per heavy atom. The summed E-state index contributed by atoms with van der Waals surface area (Å²) in [6, 6.07) is 36.7. The van der Waals surface area contributed by atoms with Gasteiger partial charge in [-0.25, -0.2) is 15.1 Å². The first-order valence-corrected chi connectivity index (χ1v) is 16.5. The standard InChI is InChI=1S/C38H29N3O4P/c1-26(42)39-28-23-21-27(22-24-28)32-25-35-36(41(45)34-20-12-11-19-33(34)40(35)44)38(37(32)43)46(29-13-5-2-6-14-29,30-15-7-3-8-16-30)31-17-9-4-10-18-31/h2-25,44-45H,1H3/q+1. The van der Waals surface area contributed by atoms with Crippen LogP contribution in [0.5, 0.6) is 0 Å². The van der Waals surface area contributed by atoms with E-state index in [1.165, 1.54) is 6.92 Å². The molecule has 0 saturated heterocycles. The summed E-state index contributed by atoms with van der Waals surface area (Å²) in [4.78, 5) is 31.0. The number of aliphatic imine (C=N–C) groups is 1. The smallest absolute Gasteiger partial charge is 0.243 e. The Morgan fingerprint density at radius 3 is 1.59 bits per heavy atom. The van der Waals surface area contributed by atoms with Gasteiger partial charge in [-0.3, -0.25) is 20.0 Å². The number of carbonyl (C=O) groups is 2. The molecule has 2 N–H and O–H groups in total. The number of Topliss-reactive ketones (excluding diaryl/α,β-unsaturated/α-hetero) is 1. The van der Waals surface area contributed by atoms with Crippen LogP contribution < -0.4 is 26.0 Å². The zero-order valence-corrected chi connectivity index (χ0v) is 25.8. The van der Waals surface area contributed by atoms with Gasteiger partial charge < -0.3 is 0 Å². The quantitative estimate of drug-likeness (QED) is 0.209. The van der Waals surface area contributed by atoms with Crippen LogP contribution in [0, 0.1) is 0 Å². The van der Waals surface area contributed by atoms with Crippen LogP contribution in [0.1, 0.15) is 6.92 Å². The van der Waals surface area contributed by atoms with Crippen molar-refractivity contribution in [2.24, 2.45) is 4.99 Å². The molecular weight excluding hydrogens is 593 g/mol. The van der Waals surface area contributed by atoms with Crippen molar-refractivity contribution in [2.75, 3.05) is 10.1 Å². The molecule has 1 aliphatic heterocycles. The number of para-hydroxylation sites is 2. The van der Waals surface area contributed by atoms with Crippen LogP contribution in [-0.2, 0) is 9.59 Å². The summed E-state index contributed by atoms with van der Waals surface area (Å²) >= 11 is 0. The molecule has 3 aliphatic rings. The van der Waals surface area contributed by atoms with Gasteiger partial charge in [0.05, 0.1) is 17.1 Å². The minimum atomic E-state index is -3.07. The lowest BCUT2D eigenvalue weighted by Gasteiger charge is -2.40. The van der Waals surface area contributed by atoms with Crippen LogP contribution in [0.3, 0.4) is 0 Å². The molecule has 2 aliphatic carbocycles. The number of fused-ring (bicyclic) bond motifs is 2. The lowest BCUT2D eigenvalue weighted by atomic mass is 9.92. The van der Waals surface area contributed by atoms with E-state index in [-0.39, 0.29) is 23.1 Å². The van der Waals surface area contributed by atoms with E-state index in [0.29, 0.717) is 33.5 Å². The lowest BCUT2D eigenvalue weighted by molar-refractivity contribution is -0.115. The molecular formula is C38H29N3O4P+. The van der Waals surface area contributed by atoms with Crippen molar-refractivity contribution in [3.05, 3.63) is 173 Å². The number of benzene rings is 4. The number of allylic oxidation sites excluding steroid dienone is 8. The van der Waals surface area contributed by atoms with Crippen LogP contribution in [0.4, 0.5) is 11.4 Å². The van der Waals surface area contributed by atoms with E-state index in [1.807, 2.05) is 91.0 Å². The SMILES string of the molecule is CC(=O)N=C1C=CC(=C2C=C3C(=C([P+](c4ccccc4)(c4ccccc4)c4ccccc4)C2=O)N(O)c2ccccc2N3O)C=C1. The zero-order chi connectivity index (χ0) is 31.8. The van der Waals surface area contributed by atoms with E-state index in [4.69, 9.17) is 0 Å². The maximum Gasteiger partial charge on any atom is 0.243 e. The molecule has 4 aromatic rings. The molecule has 0 aromatic heterocycles. The lowest BCUT2D eigenvalue weighted by Crippen LogP contribution is -2.43. The van der Waals surface area contributed by atoms with Gasteiger partial charge in [-0.05, 0) is 72.3 Å². The zero-order valence-electron chi connectivity index (χ0n) is 24.9. The Balaban J connectivity index is 1.63. The number of hydrogen-bond donors (Lipinski definition) is 2. The molecule has 8 heteroatoms. The van der Waals surface area contributed by atoms with Crippen molar-refractivity contribution in [3.63, 3.8) is 0 Å². The molecule has 0 radical (unpaired) electrons. The summed E-state index contributed by atoms with van der Waals surface area (Å²) in [6.45, 7) is 1.38. The minimum Gasteiger partial charge on any atom is -0.285 e. The van der Waals surface area contributed by atoms with Crippen molar-refractivity contribution < 1.29 is 20.0 Å². The van der Waals surface area contributed by atoms with E-state index in [1.54, 1.807) is 54.6 Å². The maximum absolute atomic E-state index is 15.3. The summed E-state index contributed by atoms with van der Waals surface area (Å²) < 4.78 is 0. The molecule has 0 bridgehead atoms. The fourth-order valence-corrected chi connectivity index (χ4v) is 10.8. The summed E-state index contributed by atoms with van der Waals surface area (Å²) in [5.41, 5.74) is 2.57. The highest BCUT2D eigenvalue weighted by Crippen LogP contribution is 2.66. The van der Waals surface area contributed by atoms with Gasteiger partial charge in [0.1, 0.15) is 27.3 Å². The number of ketones is 1. The first-order chi connectivity index (χ1) is 22.4. The molecule has 7 rings (SSSR count). The second-order valence-corrected chi connectivity index (χ2v) is 14.3. The second-order valence-electron chi connectivity index (χ2n) is 10.9.